The molecular weight excluding hydrogens is 590 g/mol. The number of carbonyl (C=O) groups excluding carboxylic acids is 3. The van der Waals surface area contributed by atoms with E-state index in [1.54, 1.807) is 4.90 Å². The van der Waals surface area contributed by atoms with E-state index >= 15 is 0 Å². The van der Waals surface area contributed by atoms with Gasteiger partial charge in [-0.2, -0.15) is 0 Å². The highest BCUT2D eigenvalue weighted by atomic mass is 16.2. The van der Waals surface area contributed by atoms with Crippen LogP contribution in [0, 0.1) is 0 Å². The first-order valence-corrected chi connectivity index (χ1v) is 17.4. The number of nitrogens with one attached hydrogen (secondary N) is 4. The molecule has 0 aromatic heterocycles. The molecule has 0 spiro atoms. The van der Waals surface area contributed by atoms with E-state index in [4.69, 9.17) is 11.5 Å². The van der Waals surface area contributed by atoms with Gasteiger partial charge in [-0.05, 0) is 76.1 Å². The molecule has 47 heavy (non-hydrogen) atoms. The minimum atomic E-state index is -0.736. The lowest BCUT2D eigenvalue weighted by molar-refractivity contribution is -0.141. The van der Waals surface area contributed by atoms with Crippen molar-refractivity contribution in [1.29, 1.82) is 0 Å². The van der Waals surface area contributed by atoms with E-state index in [0.717, 1.165) is 43.4 Å². The SMILES string of the molecule is C=C(NC(Cc1ccccc1)C(=O)NC1CC(C)N(C(CCCCN)C(=O)NCC2CCCN2)C1=O)C(N)Cc1ccccc1.CC. The Labute approximate surface area is 281 Å². The van der Waals surface area contributed by atoms with Gasteiger partial charge in [0.25, 0.3) is 0 Å². The molecule has 10 heteroatoms. The summed E-state index contributed by atoms with van der Waals surface area (Å²) >= 11 is 0. The molecule has 0 saturated carbocycles. The summed E-state index contributed by atoms with van der Waals surface area (Å²) in [6.07, 6.45) is 5.53. The predicted octanol–water partition coefficient (Wildman–Crippen LogP) is 2.77. The van der Waals surface area contributed by atoms with Crippen molar-refractivity contribution >= 4 is 17.7 Å². The number of likely N-dealkylation sites (tertiary alicyclic amines) is 1. The number of carbonyl (C=O) groups is 3. The molecule has 2 aromatic carbocycles. The van der Waals surface area contributed by atoms with Crippen LogP contribution >= 0.6 is 0 Å². The van der Waals surface area contributed by atoms with Gasteiger partial charge < -0.3 is 37.6 Å². The Balaban J connectivity index is 0.00000294. The third-order valence-electron chi connectivity index (χ3n) is 8.88. The summed E-state index contributed by atoms with van der Waals surface area (Å²) in [7, 11) is 0. The smallest absolute Gasteiger partial charge is 0.246 e. The highest BCUT2D eigenvalue weighted by Crippen LogP contribution is 2.25. The van der Waals surface area contributed by atoms with Crippen molar-refractivity contribution in [1.82, 2.24) is 26.2 Å². The molecule has 2 saturated heterocycles. The highest BCUT2D eigenvalue weighted by molar-refractivity contribution is 5.95. The zero-order chi connectivity index (χ0) is 34.2. The Morgan fingerprint density at radius 1 is 1.00 bits per heavy atom. The lowest BCUT2D eigenvalue weighted by Crippen LogP contribution is -2.55. The molecule has 3 amide bonds. The molecule has 6 unspecified atom stereocenters. The maximum absolute atomic E-state index is 13.8. The molecular formula is C37H57N7O3. The van der Waals surface area contributed by atoms with Crippen LogP contribution in [0.5, 0.6) is 0 Å². The third-order valence-corrected chi connectivity index (χ3v) is 8.88. The molecule has 2 aliphatic rings. The highest BCUT2D eigenvalue weighted by Gasteiger charge is 2.44. The first-order chi connectivity index (χ1) is 22.8. The van der Waals surface area contributed by atoms with Gasteiger partial charge in [-0.1, -0.05) is 81.1 Å². The van der Waals surface area contributed by atoms with E-state index in [2.05, 4.69) is 27.8 Å². The molecule has 258 valence electrons. The van der Waals surface area contributed by atoms with Crippen LogP contribution in [0.4, 0.5) is 0 Å². The quantitative estimate of drug-likeness (QED) is 0.144. The number of amides is 3. The van der Waals surface area contributed by atoms with Crippen molar-refractivity contribution in [3.63, 3.8) is 0 Å². The van der Waals surface area contributed by atoms with Crippen molar-refractivity contribution in [3.8, 4) is 0 Å². The number of benzene rings is 2. The second-order valence-electron chi connectivity index (χ2n) is 12.4. The van der Waals surface area contributed by atoms with Gasteiger partial charge in [0.2, 0.25) is 17.7 Å². The molecule has 10 nitrogen and oxygen atoms in total. The summed E-state index contributed by atoms with van der Waals surface area (Å²) in [5.41, 5.74) is 14.8. The first-order valence-electron chi connectivity index (χ1n) is 17.4. The van der Waals surface area contributed by atoms with Crippen molar-refractivity contribution < 1.29 is 14.4 Å². The molecule has 2 fully saturated rings. The van der Waals surface area contributed by atoms with Crippen LogP contribution in [-0.2, 0) is 27.2 Å². The fourth-order valence-electron chi connectivity index (χ4n) is 6.34. The molecule has 0 radical (unpaired) electrons. The standard InChI is InChI=1S/C35H51N7O3.C2H6/c1-24-20-31(35(45)42(24)32(17-9-10-18-36)34(44)39-23-28-16-11-19-38-28)41-33(43)30(22-27-14-7-4-8-15-27)40-25(2)29(37)21-26-12-5-3-6-13-26;1-2/h3-8,12-15,24,28-32,38,40H,2,9-11,16-23,36-37H2,1H3,(H,39,44)(H,41,43);1-2H3. The van der Waals surface area contributed by atoms with E-state index in [1.165, 1.54) is 0 Å². The Morgan fingerprint density at radius 2 is 1.64 bits per heavy atom. The third kappa shape index (κ3) is 11.5. The summed E-state index contributed by atoms with van der Waals surface area (Å²) in [5.74, 6) is -0.697. The number of rotatable bonds is 17. The summed E-state index contributed by atoms with van der Waals surface area (Å²) in [6.45, 7) is 12.1. The van der Waals surface area contributed by atoms with E-state index < -0.39 is 24.2 Å². The van der Waals surface area contributed by atoms with Gasteiger partial charge in [0.1, 0.15) is 18.1 Å². The summed E-state index contributed by atoms with van der Waals surface area (Å²) in [5, 5.41) is 12.8. The Hall–Kier alpha value is -3.73. The molecule has 2 aromatic rings. The fourth-order valence-corrected chi connectivity index (χ4v) is 6.34. The topological polar surface area (TPSA) is 155 Å². The minimum Gasteiger partial charge on any atom is -0.376 e. The predicted molar refractivity (Wildman–Crippen MR) is 189 cm³/mol. The number of nitrogens with two attached hydrogens (primary N) is 2. The summed E-state index contributed by atoms with van der Waals surface area (Å²) in [4.78, 5) is 42.8. The maximum atomic E-state index is 13.8. The summed E-state index contributed by atoms with van der Waals surface area (Å²) < 4.78 is 0. The van der Waals surface area contributed by atoms with Crippen LogP contribution in [0.15, 0.2) is 72.9 Å². The van der Waals surface area contributed by atoms with Crippen molar-refractivity contribution in [2.45, 2.75) is 108 Å². The number of nitrogens with zero attached hydrogens (tertiary/aromatic N) is 1. The number of unbranched alkanes of at least 4 members (excludes halogenated alkanes) is 1. The van der Waals surface area contributed by atoms with Gasteiger partial charge in [-0.3, -0.25) is 14.4 Å². The van der Waals surface area contributed by atoms with Crippen LogP contribution in [0.1, 0.15) is 70.4 Å². The van der Waals surface area contributed by atoms with Gasteiger partial charge in [-0.25, -0.2) is 0 Å². The number of hydrogen-bond acceptors (Lipinski definition) is 7. The molecule has 6 atom stereocenters. The zero-order valence-electron chi connectivity index (χ0n) is 28.5. The van der Waals surface area contributed by atoms with Gasteiger partial charge in [0.15, 0.2) is 0 Å². The Kier molecular flexibility index (Phi) is 15.9. The molecule has 4 rings (SSSR count). The minimum absolute atomic E-state index is 0.153. The molecule has 2 aliphatic heterocycles. The monoisotopic (exact) mass is 647 g/mol. The molecule has 0 aliphatic carbocycles. The number of hydrogen-bond donors (Lipinski definition) is 6. The average molecular weight is 648 g/mol. The summed E-state index contributed by atoms with van der Waals surface area (Å²) in [6, 6.07) is 17.2. The van der Waals surface area contributed by atoms with Crippen LogP contribution in [0.25, 0.3) is 0 Å². The van der Waals surface area contributed by atoms with E-state index in [0.29, 0.717) is 44.5 Å². The van der Waals surface area contributed by atoms with Crippen molar-refractivity contribution in [3.05, 3.63) is 84.1 Å². The normalized spacial score (nSPS) is 20.8. The van der Waals surface area contributed by atoms with Crippen LogP contribution < -0.4 is 32.7 Å². The van der Waals surface area contributed by atoms with E-state index in [-0.39, 0.29) is 29.8 Å². The van der Waals surface area contributed by atoms with Crippen LogP contribution in [0.2, 0.25) is 0 Å². The van der Waals surface area contributed by atoms with Crippen molar-refractivity contribution in [2.75, 3.05) is 19.6 Å². The Bertz CT molecular complexity index is 1250. The maximum Gasteiger partial charge on any atom is 0.246 e. The van der Waals surface area contributed by atoms with Crippen molar-refractivity contribution in [2.24, 2.45) is 11.5 Å². The van der Waals surface area contributed by atoms with Gasteiger partial charge in [0.05, 0.1) is 0 Å². The average Bonchev–Trinajstić information content (AvgIpc) is 3.70. The first kappa shape index (κ1) is 37.7. The largest absolute Gasteiger partial charge is 0.376 e. The van der Waals surface area contributed by atoms with Gasteiger partial charge in [0, 0.05) is 36.8 Å². The molecule has 0 bridgehead atoms. The second kappa shape index (κ2) is 19.8. The van der Waals surface area contributed by atoms with Crippen LogP contribution in [-0.4, -0.2) is 78.5 Å². The molecule has 8 N–H and O–H groups in total. The van der Waals surface area contributed by atoms with E-state index in [1.807, 2.05) is 81.4 Å². The van der Waals surface area contributed by atoms with Crippen LogP contribution in [0.3, 0.4) is 0 Å². The fraction of sp³-hybridized carbons (Fsp3) is 0.541. The van der Waals surface area contributed by atoms with Gasteiger partial charge in [-0.15, -0.1) is 0 Å². The molecule has 2 heterocycles. The lowest BCUT2D eigenvalue weighted by Gasteiger charge is -2.31. The second-order valence-corrected chi connectivity index (χ2v) is 12.4. The van der Waals surface area contributed by atoms with E-state index in [9.17, 15) is 14.4 Å². The van der Waals surface area contributed by atoms with Gasteiger partial charge >= 0.3 is 0 Å². The lowest BCUT2D eigenvalue weighted by atomic mass is 10.0. The zero-order valence-corrected chi connectivity index (χ0v) is 28.5. The Morgan fingerprint density at radius 3 is 2.23 bits per heavy atom.